The van der Waals surface area contributed by atoms with Crippen molar-refractivity contribution in [2.45, 2.75) is 19.4 Å². The Morgan fingerprint density at radius 3 is 1.94 bits per heavy atom. The SMILES string of the molecule is COc1cc(OC)c([C@@H]2C(c3ccccc3)=C(C)C(=O)[C@H]2C(=O)OCc2ccccc2)c(OC)c1. The minimum absolute atomic E-state index is 0.0762. The summed E-state index contributed by atoms with van der Waals surface area (Å²) in [5.41, 5.74) is 3.56. The van der Waals surface area contributed by atoms with Crippen LogP contribution >= 0.6 is 0 Å². The maximum atomic E-state index is 13.6. The highest BCUT2D eigenvalue weighted by Gasteiger charge is 2.48. The molecule has 6 nitrogen and oxygen atoms in total. The first-order valence-electron chi connectivity index (χ1n) is 11.3. The lowest BCUT2D eigenvalue weighted by Crippen LogP contribution is -2.28. The Morgan fingerprint density at radius 1 is 0.829 bits per heavy atom. The van der Waals surface area contributed by atoms with E-state index >= 15 is 0 Å². The number of esters is 1. The summed E-state index contributed by atoms with van der Waals surface area (Å²) in [7, 11) is 4.63. The van der Waals surface area contributed by atoms with Crippen molar-refractivity contribution in [1.82, 2.24) is 0 Å². The van der Waals surface area contributed by atoms with E-state index in [2.05, 4.69) is 0 Å². The summed E-state index contributed by atoms with van der Waals surface area (Å²) in [4.78, 5) is 27.1. The molecule has 0 amide bonds. The van der Waals surface area contributed by atoms with Gasteiger partial charge in [-0.1, -0.05) is 60.7 Å². The van der Waals surface area contributed by atoms with Crippen LogP contribution in [0.4, 0.5) is 0 Å². The molecule has 35 heavy (non-hydrogen) atoms. The number of ketones is 1. The van der Waals surface area contributed by atoms with Gasteiger partial charge >= 0.3 is 5.97 Å². The molecule has 0 aromatic heterocycles. The van der Waals surface area contributed by atoms with Crippen LogP contribution in [-0.2, 0) is 20.9 Å². The molecule has 3 aromatic rings. The van der Waals surface area contributed by atoms with E-state index in [0.717, 1.165) is 16.7 Å². The zero-order valence-corrected chi connectivity index (χ0v) is 20.2. The van der Waals surface area contributed by atoms with Crippen LogP contribution in [0.2, 0.25) is 0 Å². The summed E-state index contributed by atoms with van der Waals surface area (Å²) in [6.07, 6.45) is 0. The number of hydrogen-bond acceptors (Lipinski definition) is 6. The van der Waals surface area contributed by atoms with Crippen LogP contribution in [0.25, 0.3) is 5.57 Å². The average molecular weight is 473 g/mol. The smallest absolute Gasteiger partial charge is 0.318 e. The molecule has 0 unspecified atom stereocenters. The molecule has 0 N–H and O–H groups in total. The molecule has 6 heteroatoms. The van der Waals surface area contributed by atoms with E-state index in [9.17, 15) is 9.59 Å². The molecule has 1 aliphatic carbocycles. The third-order valence-electron chi connectivity index (χ3n) is 6.33. The first kappa shape index (κ1) is 24.1. The number of methoxy groups -OCH3 is 3. The number of carbonyl (C=O) groups excluding carboxylic acids is 2. The van der Waals surface area contributed by atoms with Gasteiger partial charge in [-0.2, -0.15) is 0 Å². The molecular formula is C29H28O6. The van der Waals surface area contributed by atoms with Crippen molar-refractivity contribution in [1.29, 1.82) is 0 Å². The molecular weight excluding hydrogens is 444 g/mol. The molecule has 0 spiro atoms. The quantitative estimate of drug-likeness (QED) is 0.331. The van der Waals surface area contributed by atoms with Crippen molar-refractivity contribution < 1.29 is 28.5 Å². The van der Waals surface area contributed by atoms with Crippen molar-refractivity contribution in [2.24, 2.45) is 5.92 Å². The maximum Gasteiger partial charge on any atom is 0.318 e. The predicted octanol–water partition coefficient (Wildman–Crippen LogP) is 5.21. The van der Waals surface area contributed by atoms with E-state index in [1.807, 2.05) is 60.7 Å². The van der Waals surface area contributed by atoms with Crippen molar-refractivity contribution in [3.63, 3.8) is 0 Å². The summed E-state index contributed by atoms with van der Waals surface area (Å²) >= 11 is 0. The standard InChI is InChI=1S/C29H28O6/c1-18-24(20-13-9-6-10-14-20)26(25-22(33-3)15-21(32-2)16-23(25)34-4)27(28(18)30)29(31)35-17-19-11-7-5-8-12-19/h5-16,26-27H,17H2,1-4H3/t26-,27-/m0/s1. The Hall–Kier alpha value is -4.06. The Labute approximate surface area is 205 Å². The van der Waals surface area contributed by atoms with Gasteiger partial charge < -0.3 is 18.9 Å². The molecule has 2 atom stereocenters. The van der Waals surface area contributed by atoms with Gasteiger partial charge in [-0.15, -0.1) is 0 Å². The van der Waals surface area contributed by atoms with E-state index in [1.54, 1.807) is 26.2 Å². The van der Waals surface area contributed by atoms with Crippen LogP contribution in [0.3, 0.4) is 0 Å². The third-order valence-corrected chi connectivity index (χ3v) is 6.33. The molecule has 4 rings (SSSR count). The topological polar surface area (TPSA) is 71.1 Å². The van der Waals surface area contributed by atoms with Crippen LogP contribution in [0.1, 0.15) is 29.5 Å². The molecule has 0 bridgehead atoms. The van der Waals surface area contributed by atoms with E-state index < -0.39 is 17.8 Å². The van der Waals surface area contributed by atoms with Crippen LogP contribution < -0.4 is 14.2 Å². The molecule has 180 valence electrons. The van der Waals surface area contributed by atoms with Crippen molar-refractivity contribution in [3.8, 4) is 17.2 Å². The number of ether oxygens (including phenoxy) is 4. The van der Waals surface area contributed by atoms with E-state index in [-0.39, 0.29) is 12.4 Å². The molecule has 0 heterocycles. The third kappa shape index (κ3) is 4.64. The van der Waals surface area contributed by atoms with Gasteiger partial charge in [-0.25, -0.2) is 0 Å². The second-order valence-electron chi connectivity index (χ2n) is 8.26. The maximum absolute atomic E-state index is 13.6. The minimum atomic E-state index is -1.08. The average Bonchev–Trinajstić information content (AvgIpc) is 3.17. The van der Waals surface area contributed by atoms with Gasteiger partial charge in [-0.3, -0.25) is 9.59 Å². The number of Topliss-reactive ketones (excluding diaryl/α,β-unsaturated/α-hetero) is 1. The van der Waals surface area contributed by atoms with Crippen molar-refractivity contribution in [3.05, 3.63) is 95.1 Å². The summed E-state index contributed by atoms with van der Waals surface area (Å²) in [5, 5.41) is 0. The highest BCUT2D eigenvalue weighted by Crippen LogP contribution is 2.53. The lowest BCUT2D eigenvalue weighted by Gasteiger charge is -2.26. The summed E-state index contributed by atoms with van der Waals surface area (Å²) in [5.74, 6) is -1.14. The fourth-order valence-electron chi connectivity index (χ4n) is 4.64. The normalized spacial score (nSPS) is 17.3. The second kappa shape index (κ2) is 10.5. The first-order chi connectivity index (χ1) is 17.0. The Kier molecular flexibility index (Phi) is 7.20. The lowest BCUT2D eigenvalue weighted by molar-refractivity contribution is -0.152. The van der Waals surface area contributed by atoms with Crippen LogP contribution in [0, 0.1) is 5.92 Å². The van der Waals surface area contributed by atoms with Crippen molar-refractivity contribution in [2.75, 3.05) is 21.3 Å². The molecule has 0 saturated heterocycles. The van der Waals surface area contributed by atoms with Gasteiger partial charge in [0.1, 0.15) is 29.8 Å². The van der Waals surface area contributed by atoms with E-state index in [4.69, 9.17) is 18.9 Å². The molecule has 0 aliphatic heterocycles. The van der Waals surface area contributed by atoms with Crippen molar-refractivity contribution >= 4 is 17.3 Å². The van der Waals surface area contributed by atoms with Crippen LogP contribution in [-0.4, -0.2) is 33.1 Å². The fraction of sp³-hybridized carbons (Fsp3) is 0.241. The zero-order valence-electron chi connectivity index (χ0n) is 20.2. The molecule has 1 aliphatic rings. The van der Waals surface area contributed by atoms with Crippen LogP contribution in [0.15, 0.2) is 78.4 Å². The number of allylic oxidation sites excluding steroid dienone is 2. The molecule has 3 aromatic carbocycles. The van der Waals surface area contributed by atoms with E-state index in [0.29, 0.717) is 28.4 Å². The van der Waals surface area contributed by atoms with Gasteiger partial charge in [0.15, 0.2) is 5.78 Å². The lowest BCUT2D eigenvalue weighted by atomic mass is 9.80. The number of benzene rings is 3. The van der Waals surface area contributed by atoms with Gasteiger partial charge in [0.2, 0.25) is 0 Å². The highest BCUT2D eigenvalue weighted by atomic mass is 16.5. The van der Waals surface area contributed by atoms with Gasteiger partial charge in [0, 0.05) is 23.6 Å². The van der Waals surface area contributed by atoms with Crippen LogP contribution in [0.5, 0.6) is 17.2 Å². The fourth-order valence-corrected chi connectivity index (χ4v) is 4.64. The van der Waals surface area contributed by atoms with E-state index in [1.165, 1.54) is 14.2 Å². The number of rotatable bonds is 8. The number of hydrogen-bond donors (Lipinski definition) is 0. The van der Waals surface area contributed by atoms with Gasteiger partial charge in [0.25, 0.3) is 0 Å². The largest absolute Gasteiger partial charge is 0.496 e. The molecule has 0 saturated carbocycles. The summed E-state index contributed by atoms with van der Waals surface area (Å²) < 4.78 is 22.5. The Morgan fingerprint density at radius 2 is 1.40 bits per heavy atom. The second-order valence-corrected chi connectivity index (χ2v) is 8.26. The predicted molar refractivity (Wildman–Crippen MR) is 133 cm³/mol. The first-order valence-corrected chi connectivity index (χ1v) is 11.3. The molecule has 0 fully saturated rings. The Bertz CT molecular complexity index is 1220. The summed E-state index contributed by atoms with van der Waals surface area (Å²) in [6.45, 7) is 1.83. The number of carbonyl (C=O) groups is 2. The Balaban J connectivity index is 1.85. The minimum Gasteiger partial charge on any atom is -0.496 e. The van der Waals surface area contributed by atoms with Gasteiger partial charge in [0.05, 0.1) is 21.3 Å². The molecule has 0 radical (unpaired) electrons. The highest BCUT2D eigenvalue weighted by molar-refractivity contribution is 6.18. The zero-order chi connectivity index (χ0) is 24.9. The van der Waals surface area contributed by atoms with Gasteiger partial charge in [-0.05, 0) is 29.2 Å². The monoisotopic (exact) mass is 472 g/mol. The summed E-state index contributed by atoms with van der Waals surface area (Å²) in [6, 6.07) is 22.4.